The summed E-state index contributed by atoms with van der Waals surface area (Å²) in [6, 6.07) is 0.483. The fourth-order valence-corrected chi connectivity index (χ4v) is 0.816. The molecular weight excluding hydrogens is 146 g/mol. The molecule has 0 unspecified atom stereocenters. The SMILES string of the molecule is Cn1nnnc1OC1CNC1. The second-order valence-corrected chi connectivity index (χ2v) is 2.48. The second kappa shape index (κ2) is 2.46. The monoisotopic (exact) mass is 155 g/mol. The van der Waals surface area contributed by atoms with Crippen molar-refractivity contribution in [3.05, 3.63) is 0 Å². The van der Waals surface area contributed by atoms with E-state index in [1.165, 1.54) is 4.68 Å². The minimum Gasteiger partial charge on any atom is -0.457 e. The molecule has 60 valence electrons. The van der Waals surface area contributed by atoms with Gasteiger partial charge in [0.15, 0.2) is 0 Å². The molecule has 2 rings (SSSR count). The van der Waals surface area contributed by atoms with Crippen LogP contribution in [0.15, 0.2) is 0 Å². The van der Waals surface area contributed by atoms with Gasteiger partial charge in [0.25, 0.3) is 0 Å². The van der Waals surface area contributed by atoms with E-state index in [2.05, 4.69) is 20.8 Å². The normalized spacial score (nSPS) is 17.9. The van der Waals surface area contributed by atoms with Crippen molar-refractivity contribution in [1.29, 1.82) is 0 Å². The lowest BCUT2D eigenvalue weighted by Crippen LogP contribution is -2.50. The Kier molecular flexibility index (Phi) is 1.46. The first-order valence-electron chi connectivity index (χ1n) is 3.46. The molecule has 0 aromatic carbocycles. The fraction of sp³-hybridized carbons (Fsp3) is 0.800. The van der Waals surface area contributed by atoms with E-state index in [4.69, 9.17) is 4.74 Å². The van der Waals surface area contributed by atoms with Crippen molar-refractivity contribution in [1.82, 2.24) is 25.5 Å². The lowest BCUT2D eigenvalue weighted by Gasteiger charge is -2.26. The molecule has 0 aliphatic carbocycles. The van der Waals surface area contributed by atoms with Gasteiger partial charge < -0.3 is 10.1 Å². The molecule has 6 nitrogen and oxygen atoms in total. The smallest absolute Gasteiger partial charge is 0.335 e. The van der Waals surface area contributed by atoms with Gasteiger partial charge in [0.2, 0.25) is 0 Å². The van der Waals surface area contributed by atoms with Crippen molar-refractivity contribution < 1.29 is 4.74 Å². The summed E-state index contributed by atoms with van der Waals surface area (Å²) < 4.78 is 6.90. The van der Waals surface area contributed by atoms with Gasteiger partial charge >= 0.3 is 6.01 Å². The van der Waals surface area contributed by atoms with Crippen molar-refractivity contribution in [3.8, 4) is 6.01 Å². The van der Waals surface area contributed by atoms with E-state index in [1.54, 1.807) is 7.05 Å². The number of nitrogens with zero attached hydrogens (tertiary/aromatic N) is 4. The lowest BCUT2D eigenvalue weighted by molar-refractivity contribution is 0.123. The Hall–Kier alpha value is -1.17. The van der Waals surface area contributed by atoms with Gasteiger partial charge in [0.05, 0.1) is 0 Å². The van der Waals surface area contributed by atoms with Gasteiger partial charge in [-0.25, -0.2) is 0 Å². The predicted octanol–water partition coefficient (Wildman–Crippen LogP) is -1.44. The van der Waals surface area contributed by atoms with Crippen molar-refractivity contribution in [2.75, 3.05) is 13.1 Å². The number of aryl methyl sites for hydroxylation is 1. The molecule has 0 spiro atoms. The average Bonchev–Trinajstić information content (AvgIpc) is 2.27. The first kappa shape index (κ1) is 6.53. The van der Waals surface area contributed by atoms with Gasteiger partial charge in [-0.15, -0.1) is 0 Å². The van der Waals surface area contributed by atoms with E-state index < -0.39 is 0 Å². The van der Waals surface area contributed by atoms with Crippen LogP contribution in [-0.2, 0) is 7.05 Å². The number of hydrogen-bond acceptors (Lipinski definition) is 5. The van der Waals surface area contributed by atoms with E-state index in [1.807, 2.05) is 0 Å². The Balaban J connectivity index is 1.99. The largest absolute Gasteiger partial charge is 0.457 e. The van der Waals surface area contributed by atoms with Crippen LogP contribution in [0.2, 0.25) is 0 Å². The van der Waals surface area contributed by atoms with Crippen LogP contribution in [0, 0.1) is 0 Å². The van der Waals surface area contributed by atoms with E-state index in [9.17, 15) is 0 Å². The highest BCUT2D eigenvalue weighted by molar-refractivity contribution is 4.90. The van der Waals surface area contributed by atoms with Crippen LogP contribution in [0.3, 0.4) is 0 Å². The summed E-state index contributed by atoms with van der Waals surface area (Å²) in [7, 11) is 1.75. The lowest BCUT2D eigenvalue weighted by atomic mass is 10.2. The molecule has 0 saturated carbocycles. The first-order valence-corrected chi connectivity index (χ1v) is 3.46. The van der Waals surface area contributed by atoms with Crippen LogP contribution in [-0.4, -0.2) is 39.4 Å². The average molecular weight is 155 g/mol. The van der Waals surface area contributed by atoms with Crippen LogP contribution in [0.25, 0.3) is 0 Å². The zero-order chi connectivity index (χ0) is 7.68. The van der Waals surface area contributed by atoms with Crippen LogP contribution in [0.4, 0.5) is 0 Å². The van der Waals surface area contributed by atoms with Crippen molar-refractivity contribution in [2.24, 2.45) is 7.05 Å². The minimum absolute atomic E-state index is 0.236. The van der Waals surface area contributed by atoms with Crippen LogP contribution < -0.4 is 10.1 Å². The molecule has 1 aromatic rings. The maximum atomic E-state index is 5.39. The number of nitrogens with one attached hydrogen (secondary N) is 1. The van der Waals surface area contributed by atoms with Crippen LogP contribution in [0.1, 0.15) is 0 Å². The molecule has 11 heavy (non-hydrogen) atoms. The third-order valence-corrected chi connectivity index (χ3v) is 1.60. The van der Waals surface area contributed by atoms with E-state index >= 15 is 0 Å². The maximum Gasteiger partial charge on any atom is 0.335 e. The van der Waals surface area contributed by atoms with Gasteiger partial charge in [0.1, 0.15) is 6.10 Å². The Morgan fingerprint density at radius 3 is 2.91 bits per heavy atom. The maximum absolute atomic E-state index is 5.39. The highest BCUT2D eigenvalue weighted by Crippen LogP contribution is 2.05. The Labute approximate surface area is 63.5 Å². The summed E-state index contributed by atoms with van der Waals surface area (Å²) >= 11 is 0. The number of ether oxygens (including phenoxy) is 1. The molecule has 1 N–H and O–H groups in total. The Morgan fingerprint density at radius 1 is 1.64 bits per heavy atom. The molecule has 0 bridgehead atoms. The molecule has 0 radical (unpaired) electrons. The molecule has 1 saturated heterocycles. The molecule has 2 heterocycles. The van der Waals surface area contributed by atoms with Crippen molar-refractivity contribution in [2.45, 2.75) is 6.10 Å². The van der Waals surface area contributed by atoms with E-state index in [0.717, 1.165) is 13.1 Å². The molecule has 1 aromatic heterocycles. The number of aromatic nitrogens is 4. The number of tetrazole rings is 1. The van der Waals surface area contributed by atoms with E-state index in [0.29, 0.717) is 6.01 Å². The predicted molar refractivity (Wildman–Crippen MR) is 36.1 cm³/mol. The highest BCUT2D eigenvalue weighted by atomic mass is 16.5. The standard InChI is InChI=1S/C5H9N5O/c1-10-5(7-8-9-10)11-4-2-6-3-4/h4,6H,2-3H2,1H3. The van der Waals surface area contributed by atoms with Crippen LogP contribution >= 0.6 is 0 Å². The zero-order valence-corrected chi connectivity index (χ0v) is 6.19. The molecular formula is C5H9N5O. The van der Waals surface area contributed by atoms with Gasteiger partial charge in [-0.3, -0.25) is 0 Å². The second-order valence-electron chi connectivity index (χ2n) is 2.48. The third-order valence-electron chi connectivity index (χ3n) is 1.60. The summed E-state index contributed by atoms with van der Waals surface area (Å²) in [6.07, 6.45) is 0.236. The number of rotatable bonds is 2. The quantitative estimate of drug-likeness (QED) is 0.566. The summed E-state index contributed by atoms with van der Waals surface area (Å²) in [6.45, 7) is 1.76. The summed E-state index contributed by atoms with van der Waals surface area (Å²) in [5, 5.41) is 13.9. The van der Waals surface area contributed by atoms with Gasteiger partial charge in [-0.1, -0.05) is 5.10 Å². The zero-order valence-electron chi connectivity index (χ0n) is 6.19. The van der Waals surface area contributed by atoms with Crippen molar-refractivity contribution >= 4 is 0 Å². The molecule has 0 atom stereocenters. The molecule has 1 aliphatic heterocycles. The Morgan fingerprint density at radius 2 is 2.45 bits per heavy atom. The van der Waals surface area contributed by atoms with Crippen molar-refractivity contribution in [3.63, 3.8) is 0 Å². The third kappa shape index (κ3) is 1.16. The first-order chi connectivity index (χ1) is 5.36. The minimum atomic E-state index is 0.236. The summed E-state index contributed by atoms with van der Waals surface area (Å²) in [5.41, 5.74) is 0. The molecule has 1 fully saturated rings. The molecule has 6 heteroatoms. The van der Waals surface area contributed by atoms with Crippen LogP contribution in [0.5, 0.6) is 6.01 Å². The molecule has 0 amide bonds. The van der Waals surface area contributed by atoms with E-state index in [-0.39, 0.29) is 6.10 Å². The highest BCUT2D eigenvalue weighted by Gasteiger charge is 2.20. The Bertz CT molecular complexity index is 243. The summed E-state index contributed by atoms with van der Waals surface area (Å²) in [5.74, 6) is 0. The molecule has 1 aliphatic rings. The fourth-order valence-electron chi connectivity index (χ4n) is 0.816. The van der Waals surface area contributed by atoms with Gasteiger partial charge in [-0.2, -0.15) is 4.68 Å². The van der Waals surface area contributed by atoms with Gasteiger partial charge in [-0.05, 0) is 10.4 Å². The summed E-state index contributed by atoms with van der Waals surface area (Å²) in [4.78, 5) is 0. The number of hydrogen-bond donors (Lipinski definition) is 1. The van der Waals surface area contributed by atoms with Gasteiger partial charge in [0, 0.05) is 20.1 Å². The topological polar surface area (TPSA) is 64.9 Å².